The smallest absolute Gasteiger partial charge is 0.155 e. The van der Waals surface area contributed by atoms with Gasteiger partial charge in [0.25, 0.3) is 0 Å². The van der Waals surface area contributed by atoms with E-state index < -0.39 is 14.6 Å². The number of unbranched alkanes of at least 4 members (excludes halogenated alkanes) is 4. The van der Waals surface area contributed by atoms with Crippen LogP contribution in [-0.2, 0) is 16.3 Å². The second-order valence-corrected chi connectivity index (χ2v) is 11.0. The molecule has 2 rings (SSSR count). The number of nitrogens with zero attached hydrogens (tertiary/aromatic N) is 2. The maximum Gasteiger partial charge on any atom is 0.155 e. The molecule has 0 spiro atoms. The lowest BCUT2D eigenvalue weighted by Gasteiger charge is -2.18. The van der Waals surface area contributed by atoms with Crippen molar-refractivity contribution < 1.29 is 8.42 Å². The lowest BCUT2D eigenvalue weighted by molar-refractivity contribution is 0.552. The van der Waals surface area contributed by atoms with E-state index in [4.69, 9.17) is 0 Å². The molecular weight excluding hydrogens is 356 g/mol. The van der Waals surface area contributed by atoms with Gasteiger partial charge in [-0.3, -0.25) is 9.97 Å². The van der Waals surface area contributed by atoms with Crippen molar-refractivity contribution in [1.29, 1.82) is 0 Å². The molecule has 0 radical (unpaired) electrons. The maximum atomic E-state index is 12.1. The van der Waals surface area contributed by atoms with E-state index in [1.807, 2.05) is 24.5 Å². The Labute approximate surface area is 164 Å². The zero-order chi connectivity index (χ0) is 19.9. The number of hydrogen-bond donors (Lipinski definition) is 0. The maximum absolute atomic E-state index is 12.1. The highest BCUT2D eigenvalue weighted by atomic mass is 32.2. The first-order chi connectivity index (χ1) is 12.7. The molecule has 0 saturated carbocycles. The molecule has 0 saturated heterocycles. The fourth-order valence-corrected chi connectivity index (χ4v) is 4.11. The fraction of sp³-hybridized carbons (Fsp3) is 0.545. The molecule has 4 nitrogen and oxygen atoms in total. The van der Waals surface area contributed by atoms with Crippen LogP contribution in [-0.4, -0.2) is 28.9 Å². The van der Waals surface area contributed by atoms with Gasteiger partial charge in [0, 0.05) is 11.8 Å². The summed E-state index contributed by atoms with van der Waals surface area (Å²) in [5, 5.41) is 0. The van der Waals surface area contributed by atoms with Crippen molar-refractivity contribution in [2.45, 2.75) is 71.0 Å². The first kappa shape index (κ1) is 21.5. The summed E-state index contributed by atoms with van der Waals surface area (Å²) in [6.45, 7) is 7.40. The highest BCUT2D eigenvalue weighted by Crippen LogP contribution is 2.20. The van der Waals surface area contributed by atoms with Gasteiger partial charge in [-0.25, -0.2) is 8.42 Å². The van der Waals surface area contributed by atoms with Crippen LogP contribution in [0.3, 0.4) is 0 Å². The highest BCUT2D eigenvalue weighted by molar-refractivity contribution is 7.92. The van der Waals surface area contributed by atoms with Crippen LogP contribution in [0.25, 0.3) is 11.3 Å². The number of rotatable bonds is 9. The predicted molar refractivity (Wildman–Crippen MR) is 113 cm³/mol. The molecular formula is C22H32N2O2S. The summed E-state index contributed by atoms with van der Waals surface area (Å²) in [7, 11) is -2.98. The summed E-state index contributed by atoms with van der Waals surface area (Å²) >= 11 is 0. The van der Waals surface area contributed by atoms with E-state index in [0.29, 0.717) is 5.75 Å². The first-order valence-corrected chi connectivity index (χ1v) is 11.5. The Morgan fingerprint density at radius 2 is 1.56 bits per heavy atom. The molecule has 0 bridgehead atoms. The molecule has 27 heavy (non-hydrogen) atoms. The molecule has 1 aromatic heterocycles. The SMILES string of the molecule is Cc1ccccc1-c1cnc(CCCCCCCS(=O)(=O)C(C)(C)C)cn1. The predicted octanol–water partition coefficient (Wildman–Crippen LogP) is 5.16. The van der Waals surface area contributed by atoms with Gasteiger partial charge in [0.2, 0.25) is 0 Å². The van der Waals surface area contributed by atoms with Gasteiger partial charge >= 0.3 is 0 Å². The van der Waals surface area contributed by atoms with Gasteiger partial charge in [-0.05, 0) is 52.5 Å². The molecule has 5 heteroatoms. The molecule has 0 atom stereocenters. The standard InChI is InChI=1S/C22H32N2O2S/c1-18-12-9-10-14-20(18)21-17-23-19(16-24-21)13-8-6-5-7-11-15-27(25,26)22(2,3)4/h9-10,12,14,16-17H,5-8,11,13,15H2,1-4H3. The lowest BCUT2D eigenvalue weighted by atomic mass is 10.1. The largest absolute Gasteiger partial charge is 0.257 e. The van der Waals surface area contributed by atoms with Crippen LogP contribution in [0.15, 0.2) is 36.7 Å². The van der Waals surface area contributed by atoms with Gasteiger partial charge in [0.05, 0.1) is 28.1 Å². The van der Waals surface area contributed by atoms with Crippen molar-refractivity contribution in [3.05, 3.63) is 47.9 Å². The van der Waals surface area contributed by atoms with Gasteiger partial charge in [-0.2, -0.15) is 0 Å². The summed E-state index contributed by atoms with van der Waals surface area (Å²) in [6, 6.07) is 8.19. The summed E-state index contributed by atoms with van der Waals surface area (Å²) < 4.78 is 23.5. The van der Waals surface area contributed by atoms with Crippen molar-refractivity contribution in [3.8, 4) is 11.3 Å². The summed E-state index contributed by atoms with van der Waals surface area (Å²) in [6.07, 6.45) is 9.58. The lowest BCUT2D eigenvalue weighted by Crippen LogP contribution is -2.30. The Morgan fingerprint density at radius 1 is 0.889 bits per heavy atom. The molecule has 0 unspecified atom stereocenters. The van der Waals surface area contributed by atoms with Crippen LogP contribution in [0.5, 0.6) is 0 Å². The van der Waals surface area contributed by atoms with Crippen molar-refractivity contribution in [2.75, 3.05) is 5.75 Å². The van der Waals surface area contributed by atoms with E-state index in [1.165, 1.54) is 5.56 Å². The third kappa shape index (κ3) is 6.42. The number of sulfone groups is 1. The zero-order valence-electron chi connectivity index (χ0n) is 17.0. The molecule has 148 valence electrons. The molecule has 0 aliphatic heterocycles. The summed E-state index contributed by atoms with van der Waals surface area (Å²) in [5.74, 6) is 0.294. The average Bonchev–Trinajstić information content (AvgIpc) is 2.61. The van der Waals surface area contributed by atoms with Crippen LogP contribution in [0.2, 0.25) is 0 Å². The molecule has 0 aliphatic carbocycles. The van der Waals surface area contributed by atoms with Gasteiger partial charge in [0.15, 0.2) is 9.84 Å². The van der Waals surface area contributed by atoms with Gasteiger partial charge in [-0.1, -0.05) is 43.5 Å². The fourth-order valence-electron chi connectivity index (χ4n) is 2.92. The molecule has 2 aromatic rings. The minimum Gasteiger partial charge on any atom is -0.257 e. The van der Waals surface area contributed by atoms with Crippen molar-refractivity contribution in [3.63, 3.8) is 0 Å². The van der Waals surface area contributed by atoms with Crippen LogP contribution in [0.4, 0.5) is 0 Å². The monoisotopic (exact) mass is 388 g/mol. The Hall–Kier alpha value is -1.75. The summed E-state index contributed by atoms with van der Waals surface area (Å²) in [4.78, 5) is 9.11. The average molecular weight is 389 g/mol. The van der Waals surface area contributed by atoms with Gasteiger partial charge < -0.3 is 0 Å². The third-order valence-corrected chi connectivity index (χ3v) is 7.60. The van der Waals surface area contributed by atoms with Crippen LogP contribution < -0.4 is 0 Å². The molecule has 0 N–H and O–H groups in total. The Kier molecular flexibility index (Phi) is 7.54. The zero-order valence-corrected chi connectivity index (χ0v) is 17.8. The topological polar surface area (TPSA) is 59.9 Å². The van der Waals surface area contributed by atoms with E-state index in [0.717, 1.165) is 55.5 Å². The Bertz CT molecular complexity index is 822. The number of hydrogen-bond acceptors (Lipinski definition) is 4. The molecule has 0 amide bonds. The van der Waals surface area contributed by atoms with E-state index in [9.17, 15) is 8.42 Å². The van der Waals surface area contributed by atoms with E-state index in [-0.39, 0.29) is 0 Å². The highest BCUT2D eigenvalue weighted by Gasteiger charge is 2.27. The second-order valence-electron chi connectivity index (χ2n) is 8.16. The number of benzene rings is 1. The van der Waals surface area contributed by atoms with Crippen molar-refractivity contribution in [1.82, 2.24) is 9.97 Å². The van der Waals surface area contributed by atoms with Crippen molar-refractivity contribution >= 4 is 9.84 Å². The minimum absolute atomic E-state index is 0.294. The van der Waals surface area contributed by atoms with Crippen molar-refractivity contribution in [2.24, 2.45) is 0 Å². The summed E-state index contributed by atoms with van der Waals surface area (Å²) in [5.41, 5.74) is 4.26. The minimum atomic E-state index is -2.98. The normalized spacial score (nSPS) is 12.3. The van der Waals surface area contributed by atoms with E-state index in [1.54, 1.807) is 20.8 Å². The quantitative estimate of drug-likeness (QED) is 0.557. The number of aromatic nitrogens is 2. The molecule has 1 aromatic carbocycles. The van der Waals surface area contributed by atoms with Crippen LogP contribution in [0.1, 0.15) is 64.1 Å². The van der Waals surface area contributed by atoms with Gasteiger partial charge in [-0.15, -0.1) is 0 Å². The van der Waals surface area contributed by atoms with Crippen LogP contribution in [0, 0.1) is 6.92 Å². The molecule has 0 aliphatic rings. The van der Waals surface area contributed by atoms with Gasteiger partial charge in [0.1, 0.15) is 0 Å². The Morgan fingerprint density at radius 3 is 2.19 bits per heavy atom. The third-order valence-electron chi connectivity index (χ3n) is 4.91. The molecule has 1 heterocycles. The van der Waals surface area contributed by atoms with E-state index in [2.05, 4.69) is 29.0 Å². The van der Waals surface area contributed by atoms with Crippen LogP contribution >= 0.6 is 0 Å². The Balaban J connectivity index is 1.69. The molecule has 0 fully saturated rings. The van der Waals surface area contributed by atoms with E-state index >= 15 is 0 Å². The second kappa shape index (κ2) is 9.45. The number of aryl methyl sites for hydroxylation is 2. The first-order valence-electron chi connectivity index (χ1n) is 9.80.